The Morgan fingerprint density at radius 2 is 1.91 bits per heavy atom. The molecule has 8 nitrogen and oxygen atoms in total. The first-order valence-electron chi connectivity index (χ1n) is 16.8. The molecule has 2 aromatic carbocycles. The molecule has 1 saturated heterocycles. The second-order valence-corrected chi connectivity index (χ2v) is 20.1. The first-order valence-corrected chi connectivity index (χ1v) is 20.1. The van der Waals surface area contributed by atoms with Crippen LogP contribution < -0.4 is 5.32 Å². The number of benzene rings is 2. The molecule has 0 bridgehead atoms. The Balaban J connectivity index is 1.24. The Morgan fingerprint density at radius 1 is 1.13 bits per heavy atom. The number of hydrogen-bond donors (Lipinski definition) is 1. The molecule has 0 spiro atoms. The number of aromatic nitrogens is 3. The summed E-state index contributed by atoms with van der Waals surface area (Å²) >= 11 is 6.64. The second-order valence-electron chi connectivity index (χ2n) is 14.9. The van der Waals surface area contributed by atoms with Crippen LogP contribution in [0, 0.1) is 11.3 Å². The number of hydrogen-bond acceptors (Lipinski definition) is 7. The van der Waals surface area contributed by atoms with E-state index < -0.39 is 8.32 Å². The van der Waals surface area contributed by atoms with Gasteiger partial charge < -0.3 is 19.0 Å². The van der Waals surface area contributed by atoms with Crippen LogP contribution in [-0.4, -0.2) is 67.2 Å². The lowest BCUT2D eigenvalue weighted by molar-refractivity contribution is 0.0369. The van der Waals surface area contributed by atoms with Crippen molar-refractivity contribution in [1.82, 2.24) is 19.4 Å². The molecular weight excluding hydrogens is 624 g/mol. The van der Waals surface area contributed by atoms with Crippen molar-refractivity contribution in [2.24, 2.45) is 0 Å². The van der Waals surface area contributed by atoms with E-state index >= 15 is 0 Å². The van der Waals surface area contributed by atoms with Crippen LogP contribution in [0.2, 0.25) is 23.2 Å². The molecule has 1 aliphatic heterocycles. The summed E-state index contributed by atoms with van der Waals surface area (Å²) in [4.78, 5) is 11.9. The van der Waals surface area contributed by atoms with Crippen molar-refractivity contribution in [2.75, 3.05) is 44.8 Å². The standard InChI is InChI=1S/C37H47ClN6O2Si/c1-36(2,3)47(5,6)46-25-37(4)11-8-29-27(24-39)20-26(21-31(29)37)32-9-12-40-35(41-32)42-33-22-28(38)23-34-30(33)10-15-44(34)14-7-13-43-16-18-45-19-17-43/h9-10,12,15,20-23H,7-8,11,13-14,16-19,25H2,1-6H3,(H,40,41,42). The number of nitrogens with zero attached hydrogens (tertiary/aromatic N) is 5. The van der Waals surface area contributed by atoms with Crippen molar-refractivity contribution in [2.45, 2.75) is 77.0 Å². The Labute approximate surface area is 285 Å². The first-order chi connectivity index (χ1) is 22.4. The third-order valence-electron chi connectivity index (χ3n) is 10.5. The zero-order valence-corrected chi connectivity index (χ0v) is 30.4. The van der Waals surface area contributed by atoms with Gasteiger partial charge >= 0.3 is 0 Å². The molecule has 0 saturated carbocycles. The Hall–Kier alpha value is -3.26. The van der Waals surface area contributed by atoms with Gasteiger partial charge in [0.05, 0.1) is 41.7 Å². The summed E-state index contributed by atoms with van der Waals surface area (Å²) in [5.74, 6) is 0.481. The van der Waals surface area contributed by atoms with Crippen molar-refractivity contribution in [1.29, 1.82) is 5.26 Å². The predicted octanol–water partition coefficient (Wildman–Crippen LogP) is 8.31. The molecule has 1 unspecified atom stereocenters. The number of morpholine rings is 1. The maximum absolute atomic E-state index is 10.2. The summed E-state index contributed by atoms with van der Waals surface area (Å²) in [6.07, 6.45) is 6.79. The summed E-state index contributed by atoms with van der Waals surface area (Å²) in [5, 5.41) is 15.5. The average Bonchev–Trinajstić information content (AvgIpc) is 3.61. The smallest absolute Gasteiger partial charge is 0.227 e. The lowest BCUT2D eigenvalue weighted by atomic mass is 9.83. The van der Waals surface area contributed by atoms with E-state index in [9.17, 15) is 5.26 Å². The van der Waals surface area contributed by atoms with E-state index in [4.69, 9.17) is 25.7 Å². The third-order valence-corrected chi connectivity index (χ3v) is 15.2. The molecular formula is C37H47ClN6O2Si. The van der Waals surface area contributed by atoms with Gasteiger partial charge in [0.15, 0.2) is 8.32 Å². The number of anilines is 2. The van der Waals surface area contributed by atoms with Crippen LogP contribution in [-0.2, 0) is 27.5 Å². The van der Waals surface area contributed by atoms with Gasteiger partial charge in [-0.1, -0.05) is 39.3 Å². The van der Waals surface area contributed by atoms with Crippen molar-refractivity contribution in [3.05, 3.63) is 70.5 Å². The van der Waals surface area contributed by atoms with Gasteiger partial charge in [0.2, 0.25) is 5.95 Å². The number of fused-ring (bicyclic) bond motifs is 2. The average molecular weight is 671 g/mol. The van der Waals surface area contributed by atoms with Crippen molar-refractivity contribution < 1.29 is 9.16 Å². The van der Waals surface area contributed by atoms with Crippen LogP contribution in [0.1, 0.15) is 57.2 Å². The van der Waals surface area contributed by atoms with Gasteiger partial charge in [0.1, 0.15) is 0 Å². The molecule has 2 aromatic heterocycles. The number of rotatable bonds is 10. The minimum absolute atomic E-state index is 0.134. The summed E-state index contributed by atoms with van der Waals surface area (Å²) in [7, 11) is -1.93. The summed E-state index contributed by atoms with van der Waals surface area (Å²) in [6.45, 7) is 19.9. The molecule has 248 valence electrons. The van der Waals surface area contributed by atoms with Gasteiger partial charge in [-0.05, 0) is 84.9 Å². The van der Waals surface area contributed by atoms with Crippen molar-refractivity contribution in [3.63, 3.8) is 0 Å². The Morgan fingerprint density at radius 3 is 2.66 bits per heavy atom. The van der Waals surface area contributed by atoms with E-state index in [0.717, 1.165) is 92.1 Å². The van der Waals surface area contributed by atoms with Gasteiger partial charge in [-0.15, -0.1) is 0 Å². The van der Waals surface area contributed by atoms with E-state index in [1.165, 1.54) is 5.56 Å². The van der Waals surface area contributed by atoms with Gasteiger partial charge in [-0.25, -0.2) is 9.97 Å². The number of halogens is 1. The SMILES string of the molecule is CC1(CO[Si](C)(C)C(C)(C)C)CCc2c(C#N)cc(-c3ccnc(Nc4cc(Cl)cc5c4ccn5CCCN4CCOCC4)n3)cc21. The van der Waals surface area contributed by atoms with Crippen molar-refractivity contribution in [3.8, 4) is 17.3 Å². The molecule has 10 heteroatoms. The lowest BCUT2D eigenvalue weighted by Crippen LogP contribution is -2.44. The fraction of sp³-hybridized carbons (Fsp3) is 0.486. The Kier molecular flexibility index (Phi) is 9.54. The molecule has 4 aromatic rings. The van der Waals surface area contributed by atoms with Crippen LogP contribution in [0.25, 0.3) is 22.2 Å². The van der Waals surface area contributed by atoms with E-state index in [1.807, 2.05) is 24.3 Å². The van der Waals surface area contributed by atoms with Crippen LogP contribution in [0.3, 0.4) is 0 Å². The molecule has 1 aliphatic carbocycles. The summed E-state index contributed by atoms with van der Waals surface area (Å²) < 4.78 is 14.5. The van der Waals surface area contributed by atoms with Crippen LogP contribution in [0.15, 0.2) is 48.8 Å². The molecule has 6 rings (SSSR count). The predicted molar refractivity (Wildman–Crippen MR) is 193 cm³/mol. The van der Waals surface area contributed by atoms with Gasteiger partial charge in [-0.3, -0.25) is 4.90 Å². The highest BCUT2D eigenvalue weighted by atomic mass is 35.5. The maximum atomic E-state index is 10.2. The molecule has 47 heavy (non-hydrogen) atoms. The first kappa shape index (κ1) is 33.6. The van der Waals surface area contributed by atoms with E-state index in [1.54, 1.807) is 6.20 Å². The molecule has 1 atom stereocenters. The van der Waals surface area contributed by atoms with E-state index in [0.29, 0.717) is 23.1 Å². The zero-order valence-electron chi connectivity index (χ0n) is 28.6. The Bertz CT molecular complexity index is 1800. The molecule has 0 amide bonds. The van der Waals surface area contributed by atoms with Crippen LogP contribution in [0.5, 0.6) is 0 Å². The molecule has 1 fully saturated rings. The maximum Gasteiger partial charge on any atom is 0.227 e. The highest BCUT2D eigenvalue weighted by Crippen LogP contribution is 2.45. The van der Waals surface area contributed by atoms with Crippen LogP contribution >= 0.6 is 11.6 Å². The number of aryl methyl sites for hydroxylation is 1. The van der Waals surface area contributed by atoms with Crippen molar-refractivity contribution >= 4 is 42.5 Å². The topological polar surface area (TPSA) is 88.2 Å². The number of nitriles is 1. The molecule has 2 aliphatic rings. The number of nitrogens with one attached hydrogen (secondary N) is 1. The lowest BCUT2D eigenvalue weighted by Gasteiger charge is -2.39. The third kappa shape index (κ3) is 7.13. The van der Waals surface area contributed by atoms with Gasteiger partial charge in [0.25, 0.3) is 0 Å². The van der Waals surface area contributed by atoms with Gasteiger partial charge in [-0.2, -0.15) is 5.26 Å². The fourth-order valence-corrected chi connectivity index (χ4v) is 7.84. The fourth-order valence-electron chi connectivity index (χ4n) is 6.52. The highest BCUT2D eigenvalue weighted by molar-refractivity contribution is 6.74. The monoisotopic (exact) mass is 670 g/mol. The minimum atomic E-state index is -1.93. The minimum Gasteiger partial charge on any atom is -0.416 e. The number of ether oxygens (including phenoxy) is 1. The van der Waals surface area contributed by atoms with Crippen LogP contribution in [0.4, 0.5) is 11.6 Å². The molecule has 0 radical (unpaired) electrons. The van der Waals surface area contributed by atoms with E-state index in [2.05, 4.69) is 85.0 Å². The van der Waals surface area contributed by atoms with E-state index in [-0.39, 0.29) is 10.5 Å². The zero-order chi connectivity index (χ0) is 33.4. The summed E-state index contributed by atoms with van der Waals surface area (Å²) in [5.41, 5.74) is 6.50. The second kappa shape index (κ2) is 13.3. The highest BCUT2D eigenvalue weighted by Gasteiger charge is 2.42. The molecule has 3 heterocycles. The summed E-state index contributed by atoms with van der Waals surface area (Å²) in [6, 6.07) is 14.6. The molecule has 1 N–H and O–H groups in total. The van der Waals surface area contributed by atoms with Gasteiger partial charge in [0, 0.05) is 66.6 Å². The quantitative estimate of drug-likeness (QED) is 0.170. The largest absolute Gasteiger partial charge is 0.416 e. The normalized spacial score (nSPS) is 18.8.